The van der Waals surface area contributed by atoms with E-state index in [4.69, 9.17) is 9.53 Å². The molecule has 2 aliphatic carbocycles. The third-order valence-corrected chi connectivity index (χ3v) is 12.9. The summed E-state index contributed by atoms with van der Waals surface area (Å²) in [6.45, 7) is 12.2. The molecule has 0 unspecified atom stereocenters. The van der Waals surface area contributed by atoms with Gasteiger partial charge in [0.05, 0.1) is 0 Å². The molecule has 1 N–H and O–H groups in total. The number of fused-ring (bicyclic) bond motifs is 2. The van der Waals surface area contributed by atoms with Crippen LogP contribution in [0, 0.1) is 23.7 Å². The van der Waals surface area contributed by atoms with Crippen LogP contribution in [0.3, 0.4) is 0 Å². The van der Waals surface area contributed by atoms with Gasteiger partial charge in [0.15, 0.2) is 8.32 Å². The van der Waals surface area contributed by atoms with Gasteiger partial charge in [0.1, 0.15) is 0 Å². The molecule has 0 aromatic carbocycles. The summed E-state index contributed by atoms with van der Waals surface area (Å²) in [5.74, 6) is -3.54. The highest BCUT2D eigenvalue weighted by molar-refractivity contribution is 6.74. The first kappa shape index (κ1) is 30.4. The maximum atomic E-state index is 12.5. The molecule has 36 heavy (non-hydrogen) atoms. The van der Waals surface area contributed by atoms with Crippen molar-refractivity contribution in [1.29, 1.82) is 0 Å². The Balaban J connectivity index is 1.81. The average Bonchev–Trinajstić information content (AvgIpc) is 3.12. The van der Waals surface area contributed by atoms with E-state index < -0.39 is 31.6 Å². The molecule has 0 radical (unpaired) electrons. The monoisotopic (exact) mass is 518 g/mol. The number of rotatable bonds is 15. The van der Waals surface area contributed by atoms with Gasteiger partial charge in [-0.25, -0.2) is 0 Å². The van der Waals surface area contributed by atoms with E-state index in [1.165, 1.54) is 0 Å². The van der Waals surface area contributed by atoms with Crippen LogP contribution in [0.15, 0.2) is 24.3 Å². The maximum Gasteiger partial charge on any atom is 0.303 e. The van der Waals surface area contributed by atoms with Crippen molar-refractivity contribution in [2.24, 2.45) is 23.7 Å². The van der Waals surface area contributed by atoms with E-state index in [-0.39, 0.29) is 35.1 Å². The molecule has 2 fully saturated rings. The number of carboxylic acid groups (broad SMARTS) is 1. The van der Waals surface area contributed by atoms with E-state index in [0.717, 1.165) is 38.7 Å². The summed E-state index contributed by atoms with van der Waals surface area (Å²) in [6, 6.07) is 0. The zero-order chi connectivity index (χ0) is 26.9. The predicted octanol–water partition coefficient (Wildman–Crippen LogP) is 6.31. The third kappa shape index (κ3) is 8.34. The minimum absolute atomic E-state index is 0.0441. The number of unbranched alkanes of at least 4 members (excludes halogenated alkanes) is 5. The van der Waals surface area contributed by atoms with Crippen LogP contribution in [0.1, 0.15) is 85.0 Å². The third-order valence-electron chi connectivity index (χ3n) is 8.33. The van der Waals surface area contributed by atoms with Gasteiger partial charge in [-0.1, -0.05) is 57.9 Å². The second-order valence-corrected chi connectivity index (χ2v) is 16.8. The Morgan fingerprint density at radius 2 is 1.58 bits per heavy atom. The lowest BCUT2D eigenvalue weighted by Gasteiger charge is -2.36. The van der Waals surface area contributed by atoms with Crippen LogP contribution >= 0.6 is 0 Å². The van der Waals surface area contributed by atoms with Gasteiger partial charge in [-0.05, 0) is 74.9 Å². The number of hydrogen-bond acceptors (Lipinski definition) is 5. The lowest BCUT2D eigenvalue weighted by atomic mass is 9.83. The van der Waals surface area contributed by atoms with Crippen LogP contribution in [0.25, 0.3) is 0 Å². The average molecular weight is 519 g/mol. The van der Waals surface area contributed by atoms with E-state index >= 15 is 0 Å². The van der Waals surface area contributed by atoms with Crippen LogP contribution in [0.5, 0.6) is 0 Å². The standard InChI is InChI=1S/C29H46O6Si/c1-29(2,3)36(4,5)35-19-15-11-7-6-8-12-16-21-22(17-13-9-10-14-18-25(30)31)24-20-23(21)26(32)28(34)27(24)33/h9,12-13,16,21-24H,6-8,10-11,14-15,17-20H2,1-5H3,(H,30,31)/t21-,22-,23-,24-/m1/s1. The van der Waals surface area contributed by atoms with Crippen molar-refractivity contribution in [1.82, 2.24) is 0 Å². The molecule has 0 saturated heterocycles. The summed E-state index contributed by atoms with van der Waals surface area (Å²) in [5.41, 5.74) is 0. The topological polar surface area (TPSA) is 97.7 Å². The van der Waals surface area contributed by atoms with Crippen molar-refractivity contribution in [2.75, 3.05) is 6.61 Å². The molecule has 0 spiro atoms. The van der Waals surface area contributed by atoms with Gasteiger partial charge < -0.3 is 9.53 Å². The van der Waals surface area contributed by atoms with Gasteiger partial charge in [0.2, 0.25) is 11.6 Å². The molecule has 202 valence electrons. The Bertz CT molecular complexity index is 850. The zero-order valence-electron chi connectivity index (χ0n) is 22.9. The van der Waals surface area contributed by atoms with Crippen molar-refractivity contribution in [2.45, 2.75) is 103 Å². The molecule has 0 aromatic rings. The fraction of sp³-hybridized carbons (Fsp3) is 0.724. The minimum atomic E-state index is -1.67. The summed E-state index contributed by atoms with van der Waals surface area (Å²) in [5, 5.41) is 8.99. The summed E-state index contributed by atoms with van der Waals surface area (Å²) >= 11 is 0. The molecule has 0 aromatic heterocycles. The van der Waals surface area contributed by atoms with Gasteiger partial charge in [-0.2, -0.15) is 0 Å². The molecule has 0 amide bonds. The van der Waals surface area contributed by atoms with Gasteiger partial charge in [-0.3, -0.25) is 19.2 Å². The number of carbonyl (C=O) groups is 4. The Kier molecular flexibility index (Phi) is 11.5. The molecule has 7 heteroatoms. The molecule has 2 saturated carbocycles. The van der Waals surface area contributed by atoms with E-state index in [0.29, 0.717) is 25.7 Å². The Morgan fingerprint density at radius 3 is 2.25 bits per heavy atom. The highest BCUT2D eigenvalue weighted by Gasteiger charge is 2.55. The molecular weight excluding hydrogens is 472 g/mol. The molecular formula is C29H46O6Si. The highest BCUT2D eigenvalue weighted by Crippen LogP contribution is 2.48. The molecule has 0 aliphatic heterocycles. The van der Waals surface area contributed by atoms with E-state index in [9.17, 15) is 19.2 Å². The predicted molar refractivity (Wildman–Crippen MR) is 144 cm³/mol. The molecule has 4 atom stereocenters. The van der Waals surface area contributed by atoms with Crippen LogP contribution in [-0.2, 0) is 23.6 Å². The fourth-order valence-corrected chi connectivity index (χ4v) is 6.16. The number of carboxylic acids is 1. The summed E-state index contributed by atoms with van der Waals surface area (Å²) in [6.07, 6.45) is 15.9. The maximum absolute atomic E-state index is 12.5. The molecule has 2 bridgehead atoms. The zero-order valence-corrected chi connectivity index (χ0v) is 23.9. The van der Waals surface area contributed by atoms with Crippen molar-refractivity contribution in [3.8, 4) is 0 Å². The summed E-state index contributed by atoms with van der Waals surface area (Å²) in [7, 11) is -1.67. The smallest absolute Gasteiger partial charge is 0.303 e. The van der Waals surface area contributed by atoms with Crippen LogP contribution in [0.4, 0.5) is 0 Å². The SMILES string of the molecule is CC(C)(C)[Si](C)(C)OCCCCCCC=C[C@@H]1[C@@H](CC=CCCCC(=O)O)[C@H]2C[C@H]1C(=O)C(=O)C2=O. The minimum Gasteiger partial charge on any atom is -0.481 e. The van der Waals surface area contributed by atoms with Crippen molar-refractivity contribution in [3.05, 3.63) is 24.3 Å². The number of allylic oxidation sites excluding steroid dienone is 4. The first-order chi connectivity index (χ1) is 16.9. The molecule has 6 nitrogen and oxygen atoms in total. The Hall–Kier alpha value is -1.86. The quantitative estimate of drug-likeness (QED) is 0.118. The van der Waals surface area contributed by atoms with Gasteiger partial charge in [-0.15, -0.1) is 0 Å². The van der Waals surface area contributed by atoms with Crippen LogP contribution in [0.2, 0.25) is 18.1 Å². The number of carbonyl (C=O) groups excluding carboxylic acids is 3. The van der Waals surface area contributed by atoms with Crippen LogP contribution < -0.4 is 0 Å². The molecule has 2 aliphatic rings. The largest absolute Gasteiger partial charge is 0.481 e. The first-order valence-electron chi connectivity index (χ1n) is 13.7. The van der Waals surface area contributed by atoms with E-state index in [1.807, 2.05) is 12.2 Å². The number of ketones is 3. The normalized spacial score (nSPS) is 25.0. The van der Waals surface area contributed by atoms with Crippen molar-refractivity contribution in [3.63, 3.8) is 0 Å². The second kappa shape index (κ2) is 13.6. The Morgan fingerprint density at radius 1 is 0.944 bits per heavy atom. The number of Topliss-reactive ketones (excluding diaryl/α,β-unsaturated/α-hetero) is 3. The summed E-state index contributed by atoms with van der Waals surface area (Å²) < 4.78 is 6.24. The number of aliphatic carboxylic acids is 1. The highest BCUT2D eigenvalue weighted by atomic mass is 28.4. The first-order valence-corrected chi connectivity index (χ1v) is 16.6. The van der Waals surface area contributed by atoms with E-state index in [1.54, 1.807) is 0 Å². The van der Waals surface area contributed by atoms with E-state index in [2.05, 4.69) is 46.0 Å². The fourth-order valence-electron chi connectivity index (χ4n) is 5.07. The van der Waals surface area contributed by atoms with Gasteiger partial charge in [0.25, 0.3) is 5.78 Å². The van der Waals surface area contributed by atoms with Crippen molar-refractivity contribution >= 4 is 31.6 Å². The van der Waals surface area contributed by atoms with Crippen LogP contribution in [-0.4, -0.2) is 43.3 Å². The molecule has 0 heterocycles. The lowest BCUT2D eigenvalue weighted by molar-refractivity contribution is -0.149. The second-order valence-electron chi connectivity index (χ2n) is 12.0. The molecule has 2 rings (SSSR count). The Labute approximate surface area is 218 Å². The van der Waals surface area contributed by atoms with Gasteiger partial charge in [0, 0.05) is 24.9 Å². The van der Waals surface area contributed by atoms with Crippen molar-refractivity contribution < 1.29 is 28.7 Å². The van der Waals surface area contributed by atoms with Gasteiger partial charge >= 0.3 is 5.97 Å². The lowest BCUT2D eigenvalue weighted by Crippen LogP contribution is -2.40. The summed E-state index contributed by atoms with van der Waals surface area (Å²) in [4.78, 5) is 47.8. The number of hydrogen-bond donors (Lipinski definition) is 1.